The number of carbonyl (C=O) groups excluding carboxylic acids is 1. The number of benzene rings is 2. The van der Waals surface area contributed by atoms with Crippen molar-refractivity contribution in [2.75, 3.05) is 19.7 Å². The van der Waals surface area contributed by atoms with E-state index in [9.17, 15) is 4.79 Å². The molecule has 0 atom stereocenters. The lowest BCUT2D eigenvalue weighted by molar-refractivity contribution is 0.0860. The largest absolute Gasteiger partial charge is 0.494 e. The minimum absolute atomic E-state index is 0.00367. The van der Waals surface area contributed by atoms with E-state index in [0.29, 0.717) is 25.3 Å². The zero-order valence-electron chi connectivity index (χ0n) is 14.6. The number of thioether (sulfide) groups is 1. The molecule has 1 amide bonds. The second kappa shape index (κ2) is 8.21. The molecule has 2 aromatic rings. The molecule has 0 saturated heterocycles. The van der Waals surface area contributed by atoms with Gasteiger partial charge in [0.25, 0.3) is 5.91 Å². The average molecular weight is 354 g/mol. The molecule has 0 N–H and O–H groups in total. The maximum atomic E-state index is 12.8. The molecule has 0 radical (unpaired) electrons. The fourth-order valence-electron chi connectivity index (χ4n) is 2.70. The van der Waals surface area contributed by atoms with Gasteiger partial charge in [-0.3, -0.25) is 14.7 Å². The van der Waals surface area contributed by atoms with Crippen LogP contribution in [0.2, 0.25) is 0 Å². The van der Waals surface area contributed by atoms with Crippen LogP contribution in [-0.4, -0.2) is 35.7 Å². The first-order valence-corrected chi connectivity index (χ1v) is 9.43. The van der Waals surface area contributed by atoms with Gasteiger partial charge in [0.15, 0.2) is 5.17 Å². The predicted molar refractivity (Wildman–Crippen MR) is 103 cm³/mol. The number of aliphatic imine (C=N–C) groups is 1. The quantitative estimate of drug-likeness (QED) is 0.810. The fraction of sp³-hybridized carbons (Fsp3) is 0.300. The molecule has 0 bridgehead atoms. The lowest BCUT2D eigenvalue weighted by Crippen LogP contribution is -2.32. The van der Waals surface area contributed by atoms with Crippen molar-refractivity contribution in [1.82, 2.24) is 4.90 Å². The van der Waals surface area contributed by atoms with Gasteiger partial charge in [-0.25, -0.2) is 0 Å². The van der Waals surface area contributed by atoms with E-state index in [1.54, 1.807) is 16.7 Å². The van der Waals surface area contributed by atoms with Gasteiger partial charge in [-0.2, -0.15) is 0 Å². The predicted octanol–water partition coefficient (Wildman–Crippen LogP) is 4.14. The highest BCUT2D eigenvalue weighted by atomic mass is 32.2. The zero-order valence-corrected chi connectivity index (χ0v) is 15.4. The second-order valence-electron chi connectivity index (χ2n) is 5.86. The molecule has 0 aromatic heterocycles. The highest BCUT2D eigenvalue weighted by Crippen LogP contribution is 2.22. The molecule has 0 saturated carbocycles. The first kappa shape index (κ1) is 17.5. The van der Waals surface area contributed by atoms with Crippen LogP contribution in [0.25, 0.3) is 0 Å². The molecular weight excluding hydrogens is 332 g/mol. The van der Waals surface area contributed by atoms with E-state index in [4.69, 9.17) is 4.74 Å². The summed E-state index contributed by atoms with van der Waals surface area (Å²) in [7, 11) is 0. The number of aryl methyl sites for hydroxylation is 1. The normalized spacial score (nSPS) is 13.7. The van der Waals surface area contributed by atoms with E-state index in [2.05, 4.69) is 36.2 Å². The molecule has 1 heterocycles. The monoisotopic (exact) mass is 354 g/mol. The number of rotatable bonds is 5. The fourth-order valence-corrected chi connectivity index (χ4v) is 3.69. The Kier molecular flexibility index (Phi) is 5.76. The summed E-state index contributed by atoms with van der Waals surface area (Å²) in [6.07, 6.45) is 0. The summed E-state index contributed by atoms with van der Waals surface area (Å²) in [6.45, 7) is 5.95. The highest BCUT2D eigenvalue weighted by molar-refractivity contribution is 8.13. The third-order valence-electron chi connectivity index (χ3n) is 3.91. The molecule has 1 aliphatic rings. The van der Waals surface area contributed by atoms with Crippen LogP contribution in [0.3, 0.4) is 0 Å². The van der Waals surface area contributed by atoms with Crippen molar-refractivity contribution in [3.05, 3.63) is 65.2 Å². The maximum absolute atomic E-state index is 12.8. The Morgan fingerprint density at radius 1 is 1.24 bits per heavy atom. The minimum atomic E-state index is -0.00367. The number of amidine groups is 1. The van der Waals surface area contributed by atoms with E-state index in [1.165, 1.54) is 11.1 Å². The minimum Gasteiger partial charge on any atom is -0.494 e. The van der Waals surface area contributed by atoms with Crippen molar-refractivity contribution < 1.29 is 9.53 Å². The summed E-state index contributed by atoms with van der Waals surface area (Å²) in [4.78, 5) is 19.1. The summed E-state index contributed by atoms with van der Waals surface area (Å²) in [5.41, 5.74) is 3.15. The molecule has 5 heteroatoms. The van der Waals surface area contributed by atoms with Crippen molar-refractivity contribution in [1.29, 1.82) is 0 Å². The third-order valence-corrected chi connectivity index (χ3v) is 4.99. The van der Waals surface area contributed by atoms with E-state index < -0.39 is 0 Å². The Morgan fingerprint density at radius 2 is 2.04 bits per heavy atom. The van der Waals surface area contributed by atoms with Crippen molar-refractivity contribution in [3.63, 3.8) is 0 Å². The molecule has 0 aliphatic carbocycles. The molecule has 0 unspecified atom stereocenters. The van der Waals surface area contributed by atoms with Crippen molar-refractivity contribution in [2.45, 2.75) is 19.6 Å². The molecule has 2 aromatic carbocycles. The lowest BCUT2D eigenvalue weighted by Gasteiger charge is -2.18. The van der Waals surface area contributed by atoms with Gasteiger partial charge in [-0.1, -0.05) is 41.6 Å². The molecular formula is C20H22N2O2S. The van der Waals surface area contributed by atoms with Crippen molar-refractivity contribution in [3.8, 4) is 5.75 Å². The molecule has 4 nitrogen and oxygen atoms in total. The van der Waals surface area contributed by atoms with E-state index in [0.717, 1.165) is 16.7 Å². The van der Waals surface area contributed by atoms with E-state index in [1.807, 2.05) is 31.2 Å². The van der Waals surface area contributed by atoms with Crippen LogP contribution < -0.4 is 4.74 Å². The summed E-state index contributed by atoms with van der Waals surface area (Å²) in [6, 6.07) is 15.7. The zero-order chi connectivity index (χ0) is 17.6. The van der Waals surface area contributed by atoms with Crippen molar-refractivity contribution in [2.24, 2.45) is 4.99 Å². The molecule has 1 aliphatic heterocycles. The van der Waals surface area contributed by atoms with Gasteiger partial charge in [0.05, 0.1) is 13.2 Å². The average Bonchev–Trinajstić information content (AvgIpc) is 3.09. The third kappa shape index (κ3) is 4.42. The number of hydrogen-bond acceptors (Lipinski definition) is 4. The number of amides is 1. The molecule has 25 heavy (non-hydrogen) atoms. The Balaban J connectivity index is 1.65. The van der Waals surface area contributed by atoms with E-state index in [-0.39, 0.29) is 5.91 Å². The first-order valence-electron chi connectivity index (χ1n) is 8.45. The second-order valence-corrected chi connectivity index (χ2v) is 6.80. The van der Waals surface area contributed by atoms with Crippen LogP contribution >= 0.6 is 11.8 Å². The van der Waals surface area contributed by atoms with Crippen molar-refractivity contribution >= 4 is 22.8 Å². The van der Waals surface area contributed by atoms with Gasteiger partial charge >= 0.3 is 0 Å². The van der Waals surface area contributed by atoms with Crippen LogP contribution in [0.15, 0.2) is 53.5 Å². The summed E-state index contributed by atoms with van der Waals surface area (Å²) in [5, 5.41) is 0.806. The van der Waals surface area contributed by atoms with Gasteiger partial charge in [-0.05, 0) is 43.7 Å². The van der Waals surface area contributed by atoms with Crippen LogP contribution in [0, 0.1) is 6.92 Å². The van der Waals surface area contributed by atoms with Gasteiger partial charge in [0.1, 0.15) is 5.75 Å². The van der Waals surface area contributed by atoms with Gasteiger partial charge in [0.2, 0.25) is 0 Å². The summed E-state index contributed by atoms with van der Waals surface area (Å²) < 4.78 is 5.43. The molecule has 0 fully saturated rings. The Hall–Kier alpha value is -2.27. The van der Waals surface area contributed by atoms with Gasteiger partial charge in [0, 0.05) is 17.9 Å². The van der Waals surface area contributed by atoms with Crippen LogP contribution in [0.4, 0.5) is 0 Å². The number of carbonyl (C=O) groups is 1. The topological polar surface area (TPSA) is 41.9 Å². The lowest BCUT2D eigenvalue weighted by atomic mass is 10.2. The smallest absolute Gasteiger partial charge is 0.259 e. The summed E-state index contributed by atoms with van der Waals surface area (Å²) >= 11 is 1.62. The van der Waals surface area contributed by atoms with Crippen LogP contribution in [-0.2, 0) is 5.75 Å². The van der Waals surface area contributed by atoms with Crippen LogP contribution in [0.5, 0.6) is 5.75 Å². The number of hydrogen-bond donors (Lipinski definition) is 0. The Labute approximate surface area is 152 Å². The van der Waals surface area contributed by atoms with Gasteiger partial charge in [-0.15, -0.1) is 0 Å². The Bertz CT molecular complexity index is 772. The van der Waals surface area contributed by atoms with Crippen LogP contribution in [0.1, 0.15) is 28.4 Å². The highest BCUT2D eigenvalue weighted by Gasteiger charge is 2.25. The maximum Gasteiger partial charge on any atom is 0.259 e. The first-order chi connectivity index (χ1) is 12.2. The molecule has 3 rings (SSSR count). The number of nitrogens with zero attached hydrogens (tertiary/aromatic N) is 2. The molecule has 130 valence electrons. The standard InChI is InChI=1S/C20H22N2O2S/c1-3-24-18-9-7-17(8-10-18)19(23)22-12-11-21-20(22)25-14-16-6-4-5-15(2)13-16/h4-10,13H,3,11-12,14H2,1-2H3. The SMILES string of the molecule is CCOc1ccc(C(=O)N2CCN=C2SCc2cccc(C)c2)cc1. The van der Waals surface area contributed by atoms with E-state index >= 15 is 0 Å². The summed E-state index contributed by atoms with van der Waals surface area (Å²) in [5.74, 6) is 1.59. The Morgan fingerprint density at radius 3 is 2.76 bits per heavy atom. The molecule has 0 spiro atoms. The number of ether oxygens (including phenoxy) is 1. The van der Waals surface area contributed by atoms with Gasteiger partial charge < -0.3 is 4.74 Å².